The van der Waals surface area contributed by atoms with E-state index in [0.29, 0.717) is 10.4 Å². The molecule has 3 heteroatoms. The maximum Gasteiger partial charge on any atom is 0.0702 e. The van der Waals surface area contributed by atoms with Crippen LogP contribution in [0.1, 0.15) is 44.1 Å². The van der Waals surface area contributed by atoms with Gasteiger partial charge in [0.15, 0.2) is 0 Å². The fourth-order valence-corrected chi connectivity index (χ4v) is 4.03. The molecular formula is C16H22ClNO. The van der Waals surface area contributed by atoms with Crippen LogP contribution in [0.5, 0.6) is 0 Å². The van der Waals surface area contributed by atoms with Crippen molar-refractivity contribution in [3.63, 3.8) is 0 Å². The number of aliphatic hydroxyl groups excluding tert-OH is 1. The summed E-state index contributed by atoms with van der Waals surface area (Å²) in [5.41, 5.74) is 2.76. The maximum atomic E-state index is 9.49. The van der Waals surface area contributed by atoms with E-state index in [-0.39, 0.29) is 6.61 Å². The highest BCUT2D eigenvalue weighted by Crippen LogP contribution is 2.46. The zero-order chi connectivity index (χ0) is 13.3. The van der Waals surface area contributed by atoms with Crippen LogP contribution in [0, 0.1) is 5.41 Å². The Labute approximate surface area is 120 Å². The fraction of sp³-hybridized carbons (Fsp3) is 0.625. The second-order valence-corrected chi connectivity index (χ2v) is 6.56. The van der Waals surface area contributed by atoms with Crippen molar-refractivity contribution in [3.05, 3.63) is 28.8 Å². The Kier molecular flexibility index (Phi) is 3.72. The molecule has 3 rings (SSSR count). The largest absolute Gasteiger partial charge is 0.392 e. The first-order valence-corrected chi connectivity index (χ1v) is 7.75. The molecule has 1 spiro atoms. The normalized spacial score (nSPS) is 22.1. The first-order valence-electron chi connectivity index (χ1n) is 7.37. The van der Waals surface area contributed by atoms with Gasteiger partial charge >= 0.3 is 0 Å². The minimum absolute atomic E-state index is 0.0670. The van der Waals surface area contributed by atoms with Crippen molar-refractivity contribution in [2.45, 2.75) is 45.1 Å². The molecule has 1 aliphatic carbocycles. The van der Waals surface area contributed by atoms with Crippen molar-refractivity contribution in [2.24, 2.45) is 5.41 Å². The van der Waals surface area contributed by atoms with Crippen LogP contribution in [-0.2, 0) is 6.61 Å². The van der Waals surface area contributed by atoms with E-state index in [0.717, 1.165) is 18.7 Å². The Morgan fingerprint density at radius 3 is 2.42 bits per heavy atom. The molecule has 1 heterocycles. The third kappa shape index (κ3) is 2.61. The van der Waals surface area contributed by atoms with E-state index < -0.39 is 0 Å². The topological polar surface area (TPSA) is 23.5 Å². The number of benzene rings is 1. The van der Waals surface area contributed by atoms with Crippen LogP contribution in [0.3, 0.4) is 0 Å². The molecule has 19 heavy (non-hydrogen) atoms. The van der Waals surface area contributed by atoms with E-state index in [9.17, 15) is 5.11 Å². The first-order chi connectivity index (χ1) is 9.22. The SMILES string of the molecule is OCc1cc(Cl)ccc1N1CCC2(CCCC2)CC1. The summed E-state index contributed by atoms with van der Waals surface area (Å²) in [6.07, 6.45) is 8.30. The molecule has 1 N–H and O–H groups in total. The summed E-state index contributed by atoms with van der Waals surface area (Å²) in [6, 6.07) is 5.87. The minimum atomic E-state index is 0.0670. The second kappa shape index (κ2) is 5.34. The molecule has 1 aliphatic heterocycles. The van der Waals surface area contributed by atoms with E-state index >= 15 is 0 Å². The van der Waals surface area contributed by atoms with Gasteiger partial charge in [-0.3, -0.25) is 0 Å². The smallest absolute Gasteiger partial charge is 0.0702 e. The van der Waals surface area contributed by atoms with Gasteiger partial charge in [0.05, 0.1) is 6.61 Å². The van der Waals surface area contributed by atoms with Gasteiger partial charge in [-0.15, -0.1) is 0 Å². The quantitative estimate of drug-likeness (QED) is 0.885. The monoisotopic (exact) mass is 279 g/mol. The lowest BCUT2D eigenvalue weighted by molar-refractivity contribution is 0.225. The molecule has 2 nitrogen and oxygen atoms in total. The zero-order valence-corrected chi connectivity index (χ0v) is 12.1. The summed E-state index contributed by atoms with van der Waals surface area (Å²) in [7, 11) is 0. The van der Waals surface area contributed by atoms with Crippen molar-refractivity contribution >= 4 is 17.3 Å². The minimum Gasteiger partial charge on any atom is -0.392 e. The van der Waals surface area contributed by atoms with E-state index in [1.54, 1.807) is 0 Å². The highest BCUT2D eigenvalue weighted by Gasteiger charge is 2.37. The lowest BCUT2D eigenvalue weighted by Gasteiger charge is -2.41. The maximum absolute atomic E-state index is 9.49. The van der Waals surface area contributed by atoms with Crippen molar-refractivity contribution in [1.29, 1.82) is 0 Å². The van der Waals surface area contributed by atoms with Crippen LogP contribution < -0.4 is 4.90 Å². The van der Waals surface area contributed by atoms with Gasteiger partial charge in [-0.25, -0.2) is 0 Å². The van der Waals surface area contributed by atoms with Gasteiger partial charge in [0.1, 0.15) is 0 Å². The van der Waals surface area contributed by atoms with Crippen molar-refractivity contribution in [3.8, 4) is 0 Å². The van der Waals surface area contributed by atoms with Crippen molar-refractivity contribution in [2.75, 3.05) is 18.0 Å². The molecule has 1 saturated carbocycles. The van der Waals surface area contributed by atoms with Crippen LogP contribution in [0.2, 0.25) is 5.02 Å². The number of anilines is 1. The lowest BCUT2D eigenvalue weighted by Crippen LogP contribution is -2.39. The summed E-state index contributed by atoms with van der Waals surface area (Å²) < 4.78 is 0. The number of nitrogens with zero attached hydrogens (tertiary/aromatic N) is 1. The molecule has 0 radical (unpaired) electrons. The van der Waals surface area contributed by atoms with Gasteiger partial charge in [-0.05, 0) is 49.3 Å². The van der Waals surface area contributed by atoms with E-state index in [2.05, 4.69) is 11.0 Å². The van der Waals surface area contributed by atoms with Gasteiger partial charge in [-0.2, -0.15) is 0 Å². The zero-order valence-electron chi connectivity index (χ0n) is 11.4. The molecule has 104 valence electrons. The predicted octanol–water partition coefficient (Wildman–Crippen LogP) is 3.99. The van der Waals surface area contributed by atoms with Crippen LogP contribution in [0.25, 0.3) is 0 Å². The average molecular weight is 280 g/mol. The first kappa shape index (κ1) is 13.3. The Bertz CT molecular complexity index is 444. The highest BCUT2D eigenvalue weighted by atomic mass is 35.5. The summed E-state index contributed by atoms with van der Waals surface area (Å²) >= 11 is 6.00. The van der Waals surface area contributed by atoms with Gasteiger partial charge in [0.25, 0.3) is 0 Å². The van der Waals surface area contributed by atoms with Crippen molar-refractivity contribution in [1.82, 2.24) is 0 Å². The Morgan fingerprint density at radius 1 is 1.11 bits per heavy atom. The molecule has 0 amide bonds. The third-order valence-corrected chi connectivity index (χ3v) is 5.28. The number of aliphatic hydroxyl groups is 1. The molecule has 0 atom stereocenters. The number of rotatable bonds is 2. The van der Waals surface area contributed by atoms with Crippen LogP contribution >= 0.6 is 11.6 Å². The van der Waals surface area contributed by atoms with Gasteiger partial charge in [0.2, 0.25) is 0 Å². The molecule has 1 aromatic carbocycles. The van der Waals surface area contributed by atoms with Gasteiger partial charge < -0.3 is 10.0 Å². The number of hydrogen-bond donors (Lipinski definition) is 1. The Balaban J connectivity index is 1.74. The molecule has 2 aliphatic rings. The lowest BCUT2D eigenvalue weighted by atomic mass is 9.77. The fourth-order valence-electron chi connectivity index (χ4n) is 3.84. The van der Waals surface area contributed by atoms with E-state index in [4.69, 9.17) is 11.6 Å². The molecule has 1 saturated heterocycles. The van der Waals surface area contributed by atoms with Gasteiger partial charge in [0, 0.05) is 29.4 Å². The van der Waals surface area contributed by atoms with E-state index in [1.807, 2.05) is 12.1 Å². The van der Waals surface area contributed by atoms with Crippen LogP contribution in [0.15, 0.2) is 18.2 Å². The summed E-state index contributed by atoms with van der Waals surface area (Å²) in [5, 5.41) is 10.2. The third-order valence-electron chi connectivity index (χ3n) is 5.04. The highest BCUT2D eigenvalue weighted by molar-refractivity contribution is 6.30. The molecule has 0 unspecified atom stereocenters. The molecule has 0 aromatic heterocycles. The predicted molar refractivity (Wildman–Crippen MR) is 79.7 cm³/mol. The van der Waals surface area contributed by atoms with Crippen LogP contribution in [-0.4, -0.2) is 18.2 Å². The molecular weight excluding hydrogens is 258 g/mol. The van der Waals surface area contributed by atoms with Crippen molar-refractivity contribution < 1.29 is 5.11 Å². The number of piperidine rings is 1. The molecule has 1 aromatic rings. The number of hydrogen-bond acceptors (Lipinski definition) is 2. The average Bonchev–Trinajstić information content (AvgIpc) is 2.88. The van der Waals surface area contributed by atoms with Gasteiger partial charge in [-0.1, -0.05) is 24.4 Å². The Hall–Kier alpha value is -0.730. The number of halogens is 1. The standard InChI is InChI=1S/C16H22ClNO/c17-14-3-4-15(13(11-14)12-19)18-9-7-16(8-10-18)5-1-2-6-16/h3-4,11,19H,1-2,5-10,12H2. The summed E-state index contributed by atoms with van der Waals surface area (Å²) in [6.45, 7) is 2.31. The molecule has 0 bridgehead atoms. The van der Waals surface area contributed by atoms with Crippen LogP contribution in [0.4, 0.5) is 5.69 Å². The summed E-state index contributed by atoms with van der Waals surface area (Å²) in [5.74, 6) is 0. The Morgan fingerprint density at radius 2 is 1.79 bits per heavy atom. The molecule has 2 fully saturated rings. The summed E-state index contributed by atoms with van der Waals surface area (Å²) in [4.78, 5) is 2.42. The van der Waals surface area contributed by atoms with E-state index in [1.165, 1.54) is 44.2 Å². The second-order valence-electron chi connectivity index (χ2n) is 6.13.